The molecule has 0 aromatic heterocycles. The van der Waals surface area contributed by atoms with Crippen molar-refractivity contribution in [3.8, 4) is 5.75 Å². The van der Waals surface area contributed by atoms with Crippen molar-refractivity contribution in [2.24, 2.45) is 0 Å². The lowest BCUT2D eigenvalue weighted by Crippen LogP contribution is -2.35. The molecule has 2 aromatic rings. The second-order valence-corrected chi connectivity index (χ2v) is 7.42. The van der Waals surface area contributed by atoms with E-state index >= 15 is 0 Å². The number of amides is 1. The minimum atomic E-state index is -1.13. The van der Waals surface area contributed by atoms with Gasteiger partial charge >= 0.3 is 0 Å². The summed E-state index contributed by atoms with van der Waals surface area (Å²) in [5.41, 5.74) is -0.325. The third-order valence-electron chi connectivity index (χ3n) is 4.74. The molecule has 2 aromatic carbocycles. The first-order valence-corrected chi connectivity index (χ1v) is 9.26. The summed E-state index contributed by atoms with van der Waals surface area (Å²) in [6.07, 6.45) is 0. The quantitative estimate of drug-likeness (QED) is 0.443. The van der Waals surface area contributed by atoms with Gasteiger partial charge in [-0.25, -0.2) is 4.39 Å². The van der Waals surface area contributed by atoms with Crippen LogP contribution in [0.3, 0.4) is 0 Å². The number of aliphatic hydroxyl groups is 1. The van der Waals surface area contributed by atoms with Gasteiger partial charge in [0.2, 0.25) is 0 Å². The highest BCUT2D eigenvalue weighted by molar-refractivity contribution is 6.46. The summed E-state index contributed by atoms with van der Waals surface area (Å²) in [5.74, 6) is -3.34. The van der Waals surface area contributed by atoms with Gasteiger partial charge in [-0.2, -0.15) is 0 Å². The molecule has 1 atom stereocenters. The second-order valence-electron chi connectivity index (χ2n) is 6.98. The largest absolute Gasteiger partial charge is 0.507 e. The van der Waals surface area contributed by atoms with Crippen molar-refractivity contribution >= 4 is 29.1 Å². The van der Waals surface area contributed by atoms with Crippen LogP contribution < -0.4 is 0 Å². The van der Waals surface area contributed by atoms with E-state index in [1.165, 1.54) is 41.3 Å². The van der Waals surface area contributed by atoms with Gasteiger partial charge in [-0.3, -0.25) is 9.59 Å². The van der Waals surface area contributed by atoms with Crippen LogP contribution in [0.25, 0.3) is 5.76 Å². The number of rotatable bonds is 5. The number of likely N-dealkylation sites (N-methyl/N-ethyl adjacent to an activating group) is 1. The Bertz CT molecular complexity index is 1010. The molecule has 6 nitrogen and oxygen atoms in total. The van der Waals surface area contributed by atoms with E-state index in [-0.39, 0.29) is 34.0 Å². The monoisotopic (exact) mass is 418 g/mol. The zero-order valence-corrected chi connectivity index (χ0v) is 16.7. The number of carbonyl (C=O) groups is 2. The topological polar surface area (TPSA) is 81.1 Å². The molecule has 2 N–H and O–H groups in total. The highest BCUT2D eigenvalue weighted by Gasteiger charge is 2.47. The van der Waals surface area contributed by atoms with Crippen LogP contribution in [-0.4, -0.2) is 58.9 Å². The Hall–Kier alpha value is -2.90. The molecule has 0 saturated carbocycles. The fourth-order valence-corrected chi connectivity index (χ4v) is 3.45. The Morgan fingerprint density at radius 2 is 1.90 bits per heavy atom. The SMILES string of the molecule is CN(C)CCN1C(=O)C(=O)C(=C(O)c2cc(Cl)ccc2O)[C@H]1c1ccccc1F. The zero-order chi connectivity index (χ0) is 21.3. The van der Waals surface area contributed by atoms with Crippen LogP contribution in [0.5, 0.6) is 5.75 Å². The van der Waals surface area contributed by atoms with E-state index in [1.807, 2.05) is 4.90 Å². The number of phenolic OH excluding ortho intramolecular Hbond substituents is 1. The van der Waals surface area contributed by atoms with Gasteiger partial charge < -0.3 is 20.0 Å². The normalized spacial score (nSPS) is 18.7. The molecule has 0 unspecified atom stereocenters. The number of phenols is 1. The van der Waals surface area contributed by atoms with Crippen molar-refractivity contribution in [2.75, 3.05) is 27.2 Å². The first kappa shape index (κ1) is 20.8. The summed E-state index contributed by atoms with van der Waals surface area (Å²) in [5, 5.41) is 21.2. The van der Waals surface area contributed by atoms with Gasteiger partial charge in [0.25, 0.3) is 11.7 Å². The molecule has 0 aliphatic carbocycles. The number of hydrogen-bond donors (Lipinski definition) is 2. The lowest BCUT2D eigenvalue weighted by Gasteiger charge is -2.26. The predicted molar refractivity (Wildman–Crippen MR) is 107 cm³/mol. The summed E-state index contributed by atoms with van der Waals surface area (Å²) in [6, 6.07) is 8.58. The number of benzene rings is 2. The van der Waals surface area contributed by atoms with Crippen molar-refractivity contribution in [3.05, 3.63) is 70.0 Å². The fraction of sp³-hybridized carbons (Fsp3) is 0.238. The lowest BCUT2D eigenvalue weighted by atomic mass is 9.94. The third kappa shape index (κ3) is 3.97. The standard InChI is InChI=1S/C21H20ClFN2O4/c1-24(2)9-10-25-18(13-5-3-4-6-15(13)23)17(20(28)21(25)29)19(27)14-11-12(22)7-8-16(14)26/h3-8,11,18,26-27H,9-10H2,1-2H3/t18-/m1/s1. The highest BCUT2D eigenvalue weighted by atomic mass is 35.5. The molecule has 1 aliphatic heterocycles. The summed E-state index contributed by atoms with van der Waals surface area (Å²) in [6.45, 7) is 0.579. The van der Waals surface area contributed by atoms with Crippen LogP contribution in [0.4, 0.5) is 4.39 Å². The van der Waals surface area contributed by atoms with Crippen LogP contribution in [-0.2, 0) is 9.59 Å². The van der Waals surface area contributed by atoms with Gasteiger partial charge in [0, 0.05) is 23.7 Å². The van der Waals surface area contributed by atoms with E-state index in [4.69, 9.17) is 11.6 Å². The smallest absolute Gasteiger partial charge is 0.295 e. The van der Waals surface area contributed by atoms with Gasteiger partial charge in [0.05, 0.1) is 17.2 Å². The Morgan fingerprint density at radius 3 is 2.55 bits per heavy atom. The van der Waals surface area contributed by atoms with E-state index in [0.717, 1.165) is 0 Å². The molecule has 0 bridgehead atoms. The van der Waals surface area contributed by atoms with E-state index in [1.54, 1.807) is 20.2 Å². The maximum atomic E-state index is 14.6. The molecule has 8 heteroatoms. The van der Waals surface area contributed by atoms with Crippen molar-refractivity contribution in [2.45, 2.75) is 6.04 Å². The minimum Gasteiger partial charge on any atom is -0.507 e. The molecule has 152 valence electrons. The number of halogens is 2. The summed E-state index contributed by atoms with van der Waals surface area (Å²) >= 11 is 5.95. The van der Waals surface area contributed by atoms with Crippen molar-refractivity contribution < 1.29 is 24.2 Å². The molecule has 0 radical (unpaired) electrons. The maximum Gasteiger partial charge on any atom is 0.295 e. The molecule has 1 fully saturated rings. The summed E-state index contributed by atoms with van der Waals surface area (Å²) < 4.78 is 14.6. The van der Waals surface area contributed by atoms with Crippen LogP contribution >= 0.6 is 11.6 Å². The van der Waals surface area contributed by atoms with E-state index in [2.05, 4.69) is 0 Å². The molecule has 0 spiro atoms. The molecule has 3 rings (SSSR count). The highest BCUT2D eigenvalue weighted by Crippen LogP contribution is 2.41. The number of likely N-dealkylation sites (tertiary alicyclic amines) is 1. The van der Waals surface area contributed by atoms with Gasteiger partial charge in [0.1, 0.15) is 17.3 Å². The van der Waals surface area contributed by atoms with Crippen LogP contribution in [0.1, 0.15) is 17.2 Å². The van der Waals surface area contributed by atoms with E-state index in [0.29, 0.717) is 6.54 Å². The Balaban J connectivity index is 2.22. The molecular weight excluding hydrogens is 399 g/mol. The second kappa shape index (κ2) is 8.23. The van der Waals surface area contributed by atoms with Crippen LogP contribution in [0.2, 0.25) is 5.02 Å². The molecule has 1 saturated heterocycles. The zero-order valence-electron chi connectivity index (χ0n) is 15.9. The van der Waals surface area contributed by atoms with Crippen LogP contribution in [0, 0.1) is 5.82 Å². The molecule has 1 heterocycles. The maximum absolute atomic E-state index is 14.6. The Morgan fingerprint density at radius 1 is 1.21 bits per heavy atom. The number of nitrogens with zero attached hydrogens (tertiary/aromatic N) is 2. The Kier molecular flexibility index (Phi) is 5.91. The van der Waals surface area contributed by atoms with Gasteiger partial charge in [0.15, 0.2) is 0 Å². The van der Waals surface area contributed by atoms with Gasteiger partial charge in [-0.05, 0) is 38.4 Å². The number of Topliss-reactive ketones (excluding diaryl/α,β-unsaturated/α-hetero) is 1. The number of aliphatic hydroxyl groups excluding tert-OH is 1. The molecule has 1 amide bonds. The van der Waals surface area contributed by atoms with Crippen molar-refractivity contribution in [1.82, 2.24) is 9.80 Å². The van der Waals surface area contributed by atoms with Crippen molar-refractivity contribution in [3.63, 3.8) is 0 Å². The first-order valence-electron chi connectivity index (χ1n) is 8.88. The summed E-state index contributed by atoms with van der Waals surface area (Å²) in [7, 11) is 3.61. The minimum absolute atomic E-state index is 0.0773. The van der Waals surface area contributed by atoms with Gasteiger partial charge in [-0.15, -0.1) is 0 Å². The van der Waals surface area contributed by atoms with Crippen molar-refractivity contribution in [1.29, 1.82) is 0 Å². The summed E-state index contributed by atoms with van der Waals surface area (Å²) in [4.78, 5) is 28.6. The number of carbonyl (C=O) groups excluding carboxylic acids is 2. The number of ketones is 1. The molecule has 29 heavy (non-hydrogen) atoms. The predicted octanol–water partition coefficient (Wildman–Crippen LogP) is 3.17. The first-order chi connectivity index (χ1) is 13.7. The average molecular weight is 419 g/mol. The average Bonchev–Trinajstić information content (AvgIpc) is 2.92. The Labute approximate surface area is 172 Å². The fourth-order valence-electron chi connectivity index (χ4n) is 3.28. The van der Waals surface area contributed by atoms with Gasteiger partial charge in [-0.1, -0.05) is 29.8 Å². The number of aromatic hydroxyl groups is 1. The van der Waals surface area contributed by atoms with E-state index < -0.39 is 29.3 Å². The molecular formula is C21H20ClFN2O4. The number of hydrogen-bond acceptors (Lipinski definition) is 5. The van der Waals surface area contributed by atoms with Crippen LogP contribution in [0.15, 0.2) is 48.0 Å². The van der Waals surface area contributed by atoms with E-state index in [9.17, 15) is 24.2 Å². The molecule has 1 aliphatic rings. The lowest BCUT2D eigenvalue weighted by molar-refractivity contribution is -0.140. The third-order valence-corrected chi connectivity index (χ3v) is 4.98.